The number of halogens is 1. The average molecular weight is 625 g/mol. The fraction of sp³-hybridized carbons (Fsp3) is 0.588. The highest BCUT2D eigenvalue weighted by Gasteiger charge is 2.53. The van der Waals surface area contributed by atoms with Gasteiger partial charge in [-0.15, -0.1) is 11.3 Å². The molecule has 6 aliphatic rings. The zero-order valence-electron chi connectivity index (χ0n) is 23.9. The van der Waals surface area contributed by atoms with E-state index in [1.807, 2.05) is 12.1 Å². The Hall–Kier alpha value is -1.18. The lowest BCUT2D eigenvalue weighted by Crippen LogP contribution is -2.57. The monoisotopic (exact) mass is 624 g/mol. The number of nitrogens with zero attached hydrogens (tertiary/aromatic N) is 2. The summed E-state index contributed by atoms with van der Waals surface area (Å²) in [5, 5.41) is 0.757. The smallest absolute Gasteiger partial charge is 0.266 e. The SMILES string of the molecule is O=C1/C(=C/c2sc(-c3ccc(Cl)cc3)cc2CCCCCN2CCCCC2)SC(=S)N1C1C2CC3CC(C2)CC1C3. The Bertz CT molecular complexity index is 1280. The van der Waals surface area contributed by atoms with E-state index in [1.54, 1.807) is 11.3 Å². The first-order chi connectivity index (χ1) is 20.0. The van der Waals surface area contributed by atoms with Gasteiger partial charge in [-0.05, 0) is 143 Å². The number of benzene rings is 1. The number of carbonyl (C=O) groups is 1. The van der Waals surface area contributed by atoms with Crippen LogP contribution in [-0.4, -0.2) is 45.7 Å². The van der Waals surface area contributed by atoms with Crippen LogP contribution in [0.2, 0.25) is 5.02 Å². The van der Waals surface area contributed by atoms with Gasteiger partial charge in [-0.3, -0.25) is 9.69 Å². The van der Waals surface area contributed by atoms with Crippen molar-refractivity contribution in [3.05, 3.63) is 50.7 Å². The molecule has 7 heteroatoms. The summed E-state index contributed by atoms with van der Waals surface area (Å²) in [5.41, 5.74) is 2.55. The Labute approximate surface area is 264 Å². The lowest BCUT2D eigenvalue weighted by molar-refractivity contribution is -0.130. The van der Waals surface area contributed by atoms with Crippen LogP contribution < -0.4 is 0 Å². The number of likely N-dealkylation sites (tertiary alicyclic amines) is 1. The van der Waals surface area contributed by atoms with Gasteiger partial charge in [-0.1, -0.05) is 60.6 Å². The summed E-state index contributed by atoms with van der Waals surface area (Å²) in [7, 11) is 0. The largest absolute Gasteiger partial charge is 0.303 e. The van der Waals surface area contributed by atoms with Gasteiger partial charge in [0.25, 0.3) is 5.91 Å². The predicted octanol–water partition coefficient (Wildman–Crippen LogP) is 9.29. The van der Waals surface area contributed by atoms with Crippen LogP contribution in [0.1, 0.15) is 81.1 Å². The molecule has 4 aliphatic carbocycles. The third kappa shape index (κ3) is 6.11. The molecule has 0 radical (unpaired) electrons. The summed E-state index contributed by atoms with van der Waals surface area (Å²) in [6, 6.07) is 10.8. The molecule has 0 unspecified atom stereocenters. The fourth-order valence-corrected chi connectivity index (χ4v) is 11.4. The molecule has 1 amide bonds. The highest BCUT2D eigenvalue weighted by atomic mass is 35.5. The minimum atomic E-state index is 0.159. The van der Waals surface area contributed by atoms with Crippen molar-refractivity contribution in [1.29, 1.82) is 0 Å². The number of thiocarbonyl (C=S) groups is 1. The van der Waals surface area contributed by atoms with Crippen molar-refractivity contribution in [3.8, 4) is 10.4 Å². The van der Waals surface area contributed by atoms with Crippen LogP contribution >= 0.6 is 46.9 Å². The molecule has 8 rings (SSSR count). The van der Waals surface area contributed by atoms with Crippen LogP contribution in [0.3, 0.4) is 0 Å². The number of hydrogen-bond acceptors (Lipinski definition) is 5. The van der Waals surface area contributed by atoms with Gasteiger partial charge in [0.05, 0.1) is 4.91 Å². The van der Waals surface area contributed by atoms with Crippen LogP contribution in [-0.2, 0) is 11.2 Å². The molecule has 3 nitrogen and oxygen atoms in total. The predicted molar refractivity (Wildman–Crippen MR) is 178 cm³/mol. The molecular formula is C34H41ClN2OS3. The van der Waals surface area contributed by atoms with Gasteiger partial charge in [0.15, 0.2) is 0 Å². The Morgan fingerprint density at radius 1 is 0.927 bits per heavy atom. The first-order valence-electron chi connectivity index (χ1n) is 15.9. The molecule has 0 N–H and O–H groups in total. The third-order valence-electron chi connectivity index (χ3n) is 10.4. The molecule has 0 atom stereocenters. The van der Waals surface area contributed by atoms with Crippen molar-refractivity contribution in [1.82, 2.24) is 9.80 Å². The first-order valence-corrected chi connectivity index (χ1v) is 18.3. The van der Waals surface area contributed by atoms with Gasteiger partial charge in [-0.25, -0.2) is 0 Å². The highest BCUT2D eigenvalue weighted by molar-refractivity contribution is 8.26. The molecular weight excluding hydrogens is 584 g/mol. The maximum atomic E-state index is 14.0. The molecule has 6 fully saturated rings. The van der Waals surface area contributed by atoms with E-state index >= 15 is 0 Å². The molecule has 4 bridgehead atoms. The van der Waals surface area contributed by atoms with Gasteiger partial charge in [0, 0.05) is 20.8 Å². The van der Waals surface area contributed by atoms with E-state index in [2.05, 4.69) is 34.1 Å². The quantitative estimate of drug-likeness (QED) is 0.158. The van der Waals surface area contributed by atoms with E-state index in [1.165, 1.54) is 123 Å². The topological polar surface area (TPSA) is 23.6 Å². The fourth-order valence-electron chi connectivity index (χ4n) is 8.70. The van der Waals surface area contributed by atoms with E-state index < -0.39 is 0 Å². The minimum absolute atomic E-state index is 0.159. The summed E-state index contributed by atoms with van der Waals surface area (Å²) in [4.78, 5) is 21.9. The van der Waals surface area contributed by atoms with Crippen LogP contribution in [0.25, 0.3) is 16.5 Å². The standard InChI is InChI=1S/C34H41ClN2OS3/c35-28-10-8-24(9-11-28)29-20-25(7-3-1-4-12-36-13-5-2-6-14-36)30(40-29)21-31-33(38)37(34(39)41-31)32-26-16-22-15-23(18-26)19-27(32)17-22/h8-11,20-23,26-27,32H,1-7,12-19H2/b31-21-. The normalized spacial score (nSPS) is 30.7. The van der Waals surface area contributed by atoms with Gasteiger partial charge in [0.1, 0.15) is 4.32 Å². The van der Waals surface area contributed by atoms with Gasteiger partial charge in [0.2, 0.25) is 0 Å². The Kier molecular flexibility index (Phi) is 8.67. The summed E-state index contributed by atoms with van der Waals surface area (Å²) in [6.45, 7) is 3.79. The molecule has 0 spiro atoms. The molecule has 4 saturated carbocycles. The second kappa shape index (κ2) is 12.4. The summed E-state index contributed by atoms with van der Waals surface area (Å²) in [6.07, 6.45) is 17.6. The van der Waals surface area contributed by atoms with Crippen molar-refractivity contribution in [2.45, 2.75) is 83.1 Å². The van der Waals surface area contributed by atoms with Crippen LogP contribution in [0.15, 0.2) is 35.2 Å². The number of amides is 1. The maximum absolute atomic E-state index is 14.0. The second-order valence-corrected chi connectivity index (χ2v) is 16.4. The van der Waals surface area contributed by atoms with Gasteiger partial charge >= 0.3 is 0 Å². The molecule has 2 saturated heterocycles. The van der Waals surface area contributed by atoms with Crippen molar-refractivity contribution in [2.24, 2.45) is 23.7 Å². The second-order valence-electron chi connectivity index (χ2n) is 13.2. The number of thioether (sulfide) groups is 1. The molecule has 2 aliphatic heterocycles. The zero-order valence-corrected chi connectivity index (χ0v) is 27.1. The molecule has 1 aromatic heterocycles. The lowest BCUT2D eigenvalue weighted by Gasteiger charge is -2.56. The van der Waals surface area contributed by atoms with Crippen LogP contribution in [0, 0.1) is 23.7 Å². The first kappa shape index (κ1) is 28.6. The number of hydrogen-bond donors (Lipinski definition) is 0. The van der Waals surface area contributed by atoms with E-state index in [9.17, 15) is 4.79 Å². The zero-order chi connectivity index (χ0) is 27.9. The molecule has 1 aromatic carbocycles. The maximum Gasteiger partial charge on any atom is 0.266 e. The van der Waals surface area contributed by atoms with E-state index in [4.69, 9.17) is 23.8 Å². The van der Waals surface area contributed by atoms with Gasteiger partial charge < -0.3 is 4.90 Å². The van der Waals surface area contributed by atoms with E-state index in [0.29, 0.717) is 17.9 Å². The number of unbranched alkanes of at least 4 members (excludes halogenated alkanes) is 2. The molecule has 41 heavy (non-hydrogen) atoms. The Balaban J connectivity index is 1.08. The Morgan fingerprint density at radius 2 is 1.63 bits per heavy atom. The number of carbonyl (C=O) groups excluding carboxylic acids is 1. The lowest BCUT2D eigenvalue weighted by atomic mass is 9.54. The number of thiophene rings is 1. The van der Waals surface area contributed by atoms with Crippen molar-refractivity contribution >= 4 is 63.2 Å². The number of rotatable bonds is 9. The van der Waals surface area contributed by atoms with Crippen LogP contribution in [0.4, 0.5) is 0 Å². The third-order valence-corrected chi connectivity index (χ3v) is 13.2. The van der Waals surface area contributed by atoms with E-state index in [-0.39, 0.29) is 5.91 Å². The molecule has 2 aromatic rings. The summed E-state index contributed by atoms with van der Waals surface area (Å²) in [5.74, 6) is 3.23. The molecule has 3 heterocycles. The van der Waals surface area contributed by atoms with E-state index in [0.717, 1.165) is 32.5 Å². The van der Waals surface area contributed by atoms with Gasteiger partial charge in [-0.2, -0.15) is 0 Å². The summed E-state index contributed by atoms with van der Waals surface area (Å²) < 4.78 is 0.785. The minimum Gasteiger partial charge on any atom is -0.303 e. The Morgan fingerprint density at radius 3 is 2.34 bits per heavy atom. The average Bonchev–Trinajstić information content (AvgIpc) is 3.49. The van der Waals surface area contributed by atoms with Crippen LogP contribution in [0.5, 0.6) is 0 Å². The number of piperidine rings is 1. The summed E-state index contributed by atoms with van der Waals surface area (Å²) >= 11 is 15.4. The number of aryl methyl sites for hydroxylation is 1. The van der Waals surface area contributed by atoms with Crippen molar-refractivity contribution in [3.63, 3.8) is 0 Å². The van der Waals surface area contributed by atoms with Crippen molar-refractivity contribution < 1.29 is 4.79 Å². The highest BCUT2D eigenvalue weighted by Crippen LogP contribution is 2.56. The molecule has 218 valence electrons. The van der Waals surface area contributed by atoms with Crippen molar-refractivity contribution in [2.75, 3.05) is 19.6 Å².